The molecular formula is C27H26N2O4S. The highest BCUT2D eigenvalue weighted by molar-refractivity contribution is 7.91. The molecule has 2 atom stereocenters. The first-order valence-corrected chi connectivity index (χ1v) is 13.0. The fraction of sp³-hybridized carbons (Fsp3) is 0.259. The van der Waals surface area contributed by atoms with E-state index in [-0.39, 0.29) is 23.5 Å². The fourth-order valence-corrected chi connectivity index (χ4v) is 6.45. The molecule has 0 aromatic heterocycles. The molecule has 1 amide bonds. The van der Waals surface area contributed by atoms with Gasteiger partial charge in [0.2, 0.25) is 5.91 Å². The van der Waals surface area contributed by atoms with Crippen LogP contribution in [0.1, 0.15) is 45.8 Å². The van der Waals surface area contributed by atoms with Gasteiger partial charge in [-0.05, 0) is 71.3 Å². The molecule has 2 aliphatic rings. The van der Waals surface area contributed by atoms with E-state index in [1.54, 1.807) is 24.4 Å². The average Bonchev–Trinajstić information content (AvgIpc) is 2.81. The van der Waals surface area contributed by atoms with Crippen molar-refractivity contribution in [3.05, 3.63) is 94.0 Å². The lowest BCUT2D eigenvalue weighted by molar-refractivity contribution is -0.123. The lowest BCUT2D eigenvalue weighted by Crippen LogP contribution is -2.41. The van der Waals surface area contributed by atoms with Crippen molar-refractivity contribution in [3.63, 3.8) is 0 Å². The number of amides is 1. The minimum Gasteiger partial charge on any atom is -0.508 e. The SMILES string of the molecule is Cc1cc(O)cc2c1C[C@@H](C(=O)N[C@@H]1CCS(=O)(=O)c3ccc(Cc4ccccc4)cc31)N=C2. The van der Waals surface area contributed by atoms with Gasteiger partial charge in [-0.25, -0.2) is 8.42 Å². The van der Waals surface area contributed by atoms with Crippen LogP contribution in [0.4, 0.5) is 0 Å². The second-order valence-corrected chi connectivity index (χ2v) is 11.1. The number of benzene rings is 3. The van der Waals surface area contributed by atoms with Crippen LogP contribution < -0.4 is 5.32 Å². The zero-order valence-electron chi connectivity index (χ0n) is 18.9. The first kappa shape index (κ1) is 22.3. The zero-order valence-corrected chi connectivity index (χ0v) is 19.7. The molecule has 34 heavy (non-hydrogen) atoms. The summed E-state index contributed by atoms with van der Waals surface area (Å²) in [5.74, 6) is -0.0481. The van der Waals surface area contributed by atoms with Crippen LogP contribution in [-0.2, 0) is 27.5 Å². The largest absolute Gasteiger partial charge is 0.508 e. The minimum atomic E-state index is -3.38. The van der Waals surface area contributed by atoms with Gasteiger partial charge in [0.1, 0.15) is 11.8 Å². The molecule has 7 heteroatoms. The standard InChI is InChI=1S/C27H26N2O4S/c1-17-11-21(30)14-20-16-28-25(15-22(17)20)27(31)29-24-9-10-34(32,33)26-8-7-19(13-23(24)26)12-18-5-3-2-4-6-18/h2-8,11,13-14,16,24-25,30H,9-10,12,15H2,1H3,(H,29,31)/t24-,25+/m1/s1. The van der Waals surface area contributed by atoms with Crippen molar-refractivity contribution in [2.24, 2.45) is 4.99 Å². The molecule has 0 saturated carbocycles. The normalized spacial score (nSPS) is 20.3. The van der Waals surface area contributed by atoms with Gasteiger partial charge in [-0.15, -0.1) is 0 Å². The van der Waals surface area contributed by atoms with Crippen LogP contribution >= 0.6 is 0 Å². The number of nitrogens with zero attached hydrogens (tertiary/aromatic N) is 1. The predicted molar refractivity (Wildman–Crippen MR) is 131 cm³/mol. The summed E-state index contributed by atoms with van der Waals surface area (Å²) in [7, 11) is -3.38. The number of carbonyl (C=O) groups excluding carboxylic acids is 1. The van der Waals surface area contributed by atoms with Crippen LogP contribution in [-0.4, -0.2) is 37.4 Å². The summed E-state index contributed by atoms with van der Waals surface area (Å²) in [6, 6.07) is 17.8. The maximum absolute atomic E-state index is 13.2. The maximum atomic E-state index is 13.2. The van der Waals surface area contributed by atoms with Crippen molar-refractivity contribution >= 4 is 22.0 Å². The number of aliphatic imine (C=N–C) groups is 1. The van der Waals surface area contributed by atoms with Crippen LogP contribution in [0.25, 0.3) is 0 Å². The highest BCUT2D eigenvalue weighted by atomic mass is 32.2. The lowest BCUT2D eigenvalue weighted by Gasteiger charge is -2.29. The third-order valence-electron chi connectivity index (χ3n) is 6.61. The first-order valence-electron chi connectivity index (χ1n) is 11.4. The number of nitrogens with one attached hydrogen (secondary N) is 1. The molecule has 0 fully saturated rings. The molecule has 2 heterocycles. The summed E-state index contributed by atoms with van der Waals surface area (Å²) in [6.07, 6.45) is 3.09. The Morgan fingerprint density at radius 1 is 1.09 bits per heavy atom. The molecule has 0 bridgehead atoms. The van der Waals surface area contributed by atoms with Crippen LogP contribution in [0.2, 0.25) is 0 Å². The third-order valence-corrected chi connectivity index (χ3v) is 8.43. The number of sulfone groups is 1. The third kappa shape index (κ3) is 4.35. The monoisotopic (exact) mass is 474 g/mol. The van der Waals surface area contributed by atoms with Gasteiger partial charge in [-0.3, -0.25) is 9.79 Å². The average molecular weight is 475 g/mol. The summed E-state index contributed by atoms with van der Waals surface area (Å²) in [4.78, 5) is 17.9. The summed E-state index contributed by atoms with van der Waals surface area (Å²) >= 11 is 0. The number of carbonyl (C=O) groups is 1. The van der Waals surface area contributed by atoms with Gasteiger partial charge in [0, 0.05) is 12.6 Å². The molecule has 6 nitrogen and oxygen atoms in total. The number of hydrogen-bond donors (Lipinski definition) is 2. The maximum Gasteiger partial charge on any atom is 0.245 e. The van der Waals surface area contributed by atoms with E-state index in [1.165, 1.54) is 0 Å². The Morgan fingerprint density at radius 2 is 1.88 bits per heavy atom. The van der Waals surface area contributed by atoms with Gasteiger partial charge in [0.05, 0.1) is 16.7 Å². The van der Waals surface area contributed by atoms with Crippen molar-refractivity contribution in [1.29, 1.82) is 0 Å². The van der Waals surface area contributed by atoms with Crippen LogP contribution in [0.15, 0.2) is 70.6 Å². The van der Waals surface area contributed by atoms with Crippen molar-refractivity contribution in [3.8, 4) is 5.75 Å². The van der Waals surface area contributed by atoms with Gasteiger partial charge in [-0.1, -0.05) is 42.5 Å². The van der Waals surface area contributed by atoms with E-state index in [1.807, 2.05) is 49.4 Å². The van der Waals surface area contributed by atoms with Gasteiger partial charge in [0.15, 0.2) is 9.84 Å². The molecule has 0 saturated heterocycles. The number of hydrogen-bond acceptors (Lipinski definition) is 5. The van der Waals surface area contributed by atoms with Crippen molar-refractivity contribution in [1.82, 2.24) is 5.32 Å². The van der Waals surface area contributed by atoms with Crippen molar-refractivity contribution in [2.75, 3.05) is 5.75 Å². The van der Waals surface area contributed by atoms with Gasteiger partial charge in [-0.2, -0.15) is 0 Å². The van der Waals surface area contributed by atoms with E-state index >= 15 is 0 Å². The number of aromatic hydroxyl groups is 1. The fourth-order valence-electron chi connectivity index (χ4n) is 4.85. The molecule has 174 valence electrons. The Labute approximate surface area is 199 Å². The molecule has 0 radical (unpaired) electrons. The second kappa shape index (κ2) is 8.72. The van der Waals surface area contributed by atoms with E-state index in [4.69, 9.17) is 0 Å². The summed E-state index contributed by atoms with van der Waals surface area (Å²) in [5.41, 5.74) is 5.51. The molecule has 5 rings (SSSR count). The molecule has 3 aromatic carbocycles. The molecule has 0 aliphatic carbocycles. The number of phenols is 1. The van der Waals surface area contributed by atoms with Crippen molar-refractivity contribution in [2.45, 2.75) is 43.2 Å². The number of rotatable bonds is 4. The van der Waals surface area contributed by atoms with Crippen LogP contribution in [0.3, 0.4) is 0 Å². The van der Waals surface area contributed by atoms with Crippen molar-refractivity contribution < 1.29 is 18.3 Å². The highest BCUT2D eigenvalue weighted by Gasteiger charge is 2.33. The van der Waals surface area contributed by atoms with E-state index in [2.05, 4.69) is 10.3 Å². The number of phenolic OH excluding ortho intramolecular Hbond substituents is 1. The molecule has 3 aromatic rings. The Balaban J connectivity index is 1.40. The molecule has 0 spiro atoms. The summed E-state index contributed by atoms with van der Waals surface area (Å²) < 4.78 is 25.4. The van der Waals surface area contributed by atoms with Crippen LogP contribution in [0, 0.1) is 6.92 Å². The Hall–Kier alpha value is -3.45. The molecular weight excluding hydrogens is 448 g/mol. The number of aryl methyl sites for hydroxylation is 1. The Bertz CT molecular complexity index is 1400. The highest BCUT2D eigenvalue weighted by Crippen LogP contribution is 2.34. The van der Waals surface area contributed by atoms with E-state index in [0.717, 1.165) is 27.8 Å². The van der Waals surface area contributed by atoms with Crippen LogP contribution in [0.5, 0.6) is 5.75 Å². The summed E-state index contributed by atoms with van der Waals surface area (Å²) in [5, 5.41) is 12.9. The Kier molecular flexibility index (Phi) is 5.73. The van der Waals surface area contributed by atoms with Gasteiger partial charge >= 0.3 is 0 Å². The van der Waals surface area contributed by atoms with E-state index in [0.29, 0.717) is 29.7 Å². The first-order chi connectivity index (χ1) is 16.3. The summed E-state index contributed by atoms with van der Waals surface area (Å²) in [6.45, 7) is 1.91. The topological polar surface area (TPSA) is 95.8 Å². The van der Waals surface area contributed by atoms with E-state index in [9.17, 15) is 18.3 Å². The lowest BCUT2D eigenvalue weighted by atomic mass is 9.92. The Morgan fingerprint density at radius 3 is 2.68 bits per heavy atom. The molecule has 0 unspecified atom stereocenters. The van der Waals surface area contributed by atoms with E-state index < -0.39 is 15.9 Å². The minimum absolute atomic E-state index is 0.00185. The second-order valence-electron chi connectivity index (χ2n) is 9.03. The predicted octanol–water partition coefficient (Wildman–Crippen LogP) is 3.67. The molecule has 2 N–H and O–H groups in total. The van der Waals surface area contributed by atoms with Gasteiger partial charge < -0.3 is 10.4 Å². The number of fused-ring (bicyclic) bond motifs is 2. The molecule has 2 aliphatic heterocycles. The van der Waals surface area contributed by atoms with Gasteiger partial charge in [0.25, 0.3) is 0 Å². The smallest absolute Gasteiger partial charge is 0.245 e. The quantitative estimate of drug-likeness (QED) is 0.603. The zero-order chi connectivity index (χ0) is 23.9.